The van der Waals surface area contributed by atoms with E-state index in [-0.39, 0.29) is 23.2 Å². The highest BCUT2D eigenvalue weighted by molar-refractivity contribution is 6.29. The molecule has 1 aromatic rings. The SMILES string of the molecule is COCCOc1nc(Cl)ccc1C(=O)OC. The molecule has 0 N–H and O–H groups in total. The maximum Gasteiger partial charge on any atom is 0.343 e. The van der Waals surface area contributed by atoms with Crippen LogP contribution >= 0.6 is 11.6 Å². The van der Waals surface area contributed by atoms with Crippen LogP contribution in [0.5, 0.6) is 5.88 Å². The minimum absolute atomic E-state index is 0.149. The summed E-state index contributed by atoms with van der Waals surface area (Å²) in [4.78, 5) is 15.3. The lowest BCUT2D eigenvalue weighted by atomic mass is 10.3. The van der Waals surface area contributed by atoms with E-state index in [0.29, 0.717) is 6.61 Å². The number of carbonyl (C=O) groups is 1. The van der Waals surface area contributed by atoms with Gasteiger partial charge < -0.3 is 14.2 Å². The molecule has 88 valence electrons. The average molecular weight is 246 g/mol. The van der Waals surface area contributed by atoms with Gasteiger partial charge in [-0.15, -0.1) is 0 Å². The van der Waals surface area contributed by atoms with Gasteiger partial charge >= 0.3 is 5.97 Å². The van der Waals surface area contributed by atoms with E-state index >= 15 is 0 Å². The Balaban J connectivity index is 2.85. The second kappa shape index (κ2) is 6.30. The van der Waals surface area contributed by atoms with Crippen molar-refractivity contribution in [2.75, 3.05) is 27.4 Å². The lowest BCUT2D eigenvalue weighted by Crippen LogP contribution is -2.10. The summed E-state index contributed by atoms with van der Waals surface area (Å²) in [5.41, 5.74) is 0.239. The van der Waals surface area contributed by atoms with Crippen LogP contribution in [0.1, 0.15) is 10.4 Å². The number of hydrogen-bond donors (Lipinski definition) is 0. The van der Waals surface area contributed by atoms with Crippen molar-refractivity contribution >= 4 is 17.6 Å². The summed E-state index contributed by atoms with van der Waals surface area (Å²) in [6.45, 7) is 0.683. The number of ether oxygens (including phenoxy) is 3. The number of pyridine rings is 1. The lowest BCUT2D eigenvalue weighted by molar-refractivity contribution is 0.0592. The number of hydrogen-bond acceptors (Lipinski definition) is 5. The van der Waals surface area contributed by atoms with Gasteiger partial charge in [-0.05, 0) is 12.1 Å². The Morgan fingerprint density at radius 2 is 2.12 bits per heavy atom. The van der Waals surface area contributed by atoms with E-state index in [0.717, 1.165) is 0 Å². The van der Waals surface area contributed by atoms with Gasteiger partial charge in [0.25, 0.3) is 0 Å². The molecule has 0 saturated carbocycles. The number of methoxy groups -OCH3 is 2. The molecule has 0 spiro atoms. The Hall–Kier alpha value is -1.33. The molecule has 1 rings (SSSR count). The number of nitrogens with zero attached hydrogens (tertiary/aromatic N) is 1. The van der Waals surface area contributed by atoms with Gasteiger partial charge in [-0.3, -0.25) is 0 Å². The summed E-state index contributed by atoms with van der Waals surface area (Å²) in [7, 11) is 2.84. The molecule has 0 aromatic carbocycles. The van der Waals surface area contributed by atoms with E-state index in [2.05, 4.69) is 9.72 Å². The zero-order valence-electron chi connectivity index (χ0n) is 9.03. The second-order valence-electron chi connectivity index (χ2n) is 2.82. The smallest absolute Gasteiger partial charge is 0.343 e. The number of carbonyl (C=O) groups excluding carboxylic acids is 1. The molecule has 16 heavy (non-hydrogen) atoms. The van der Waals surface area contributed by atoms with E-state index in [9.17, 15) is 4.79 Å². The molecule has 0 aliphatic heterocycles. The van der Waals surface area contributed by atoms with E-state index in [1.165, 1.54) is 19.2 Å². The number of esters is 1. The van der Waals surface area contributed by atoms with Gasteiger partial charge in [0.1, 0.15) is 17.3 Å². The first kappa shape index (κ1) is 12.7. The van der Waals surface area contributed by atoms with Crippen molar-refractivity contribution in [3.05, 3.63) is 22.8 Å². The second-order valence-corrected chi connectivity index (χ2v) is 3.21. The monoisotopic (exact) mass is 245 g/mol. The van der Waals surface area contributed by atoms with Crippen molar-refractivity contribution < 1.29 is 19.0 Å². The average Bonchev–Trinajstić information content (AvgIpc) is 2.29. The summed E-state index contributed by atoms with van der Waals surface area (Å²) in [6.07, 6.45) is 0. The van der Waals surface area contributed by atoms with Crippen LogP contribution in [0.4, 0.5) is 0 Å². The lowest BCUT2D eigenvalue weighted by Gasteiger charge is -2.08. The van der Waals surface area contributed by atoms with Crippen molar-refractivity contribution in [1.82, 2.24) is 4.98 Å². The third kappa shape index (κ3) is 3.36. The van der Waals surface area contributed by atoms with E-state index in [1.807, 2.05) is 0 Å². The van der Waals surface area contributed by atoms with Gasteiger partial charge in [-0.25, -0.2) is 9.78 Å². The van der Waals surface area contributed by atoms with Crippen molar-refractivity contribution in [1.29, 1.82) is 0 Å². The van der Waals surface area contributed by atoms with Crippen LogP contribution in [0.2, 0.25) is 5.15 Å². The molecule has 0 aliphatic rings. The van der Waals surface area contributed by atoms with Gasteiger partial charge in [0.15, 0.2) is 0 Å². The first-order chi connectivity index (χ1) is 7.69. The quantitative estimate of drug-likeness (QED) is 0.448. The van der Waals surface area contributed by atoms with Crippen molar-refractivity contribution in [2.45, 2.75) is 0 Å². The fourth-order valence-corrected chi connectivity index (χ4v) is 1.15. The molecule has 0 fully saturated rings. The summed E-state index contributed by atoms with van der Waals surface area (Å²) >= 11 is 5.70. The Bertz CT molecular complexity index is 370. The van der Waals surface area contributed by atoms with Crippen LogP contribution in [0.15, 0.2) is 12.1 Å². The maximum absolute atomic E-state index is 11.4. The standard InChI is InChI=1S/C10H12ClNO4/c1-14-5-6-16-9-7(10(13)15-2)3-4-8(11)12-9/h3-4H,5-6H2,1-2H3. The highest BCUT2D eigenvalue weighted by atomic mass is 35.5. The molecular weight excluding hydrogens is 234 g/mol. The van der Waals surface area contributed by atoms with Gasteiger partial charge in [-0.2, -0.15) is 0 Å². The van der Waals surface area contributed by atoms with Crippen LogP contribution in [0, 0.1) is 0 Å². The molecule has 0 saturated heterocycles. The fourth-order valence-electron chi connectivity index (χ4n) is 1.01. The largest absolute Gasteiger partial charge is 0.475 e. The molecule has 0 unspecified atom stereocenters. The molecule has 0 aliphatic carbocycles. The summed E-state index contributed by atoms with van der Waals surface area (Å²) < 4.78 is 14.7. The van der Waals surface area contributed by atoms with Gasteiger partial charge in [0, 0.05) is 7.11 Å². The maximum atomic E-state index is 11.4. The predicted molar refractivity (Wildman–Crippen MR) is 58.0 cm³/mol. The fraction of sp³-hybridized carbons (Fsp3) is 0.400. The summed E-state index contributed by atoms with van der Waals surface area (Å²) in [5, 5.41) is 0.250. The van der Waals surface area contributed by atoms with Crippen LogP contribution in [0.3, 0.4) is 0 Å². The Morgan fingerprint density at radius 3 is 2.75 bits per heavy atom. The Labute approximate surface area is 98.3 Å². The molecule has 0 atom stereocenters. The molecule has 1 aromatic heterocycles. The Kier molecular flexibility index (Phi) is 5.01. The third-order valence-electron chi connectivity index (χ3n) is 1.76. The molecule has 1 heterocycles. The molecule has 0 radical (unpaired) electrons. The first-order valence-corrected chi connectivity index (χ1v) is 4.93. The van der Waals surface area contributed by atoms with Gasteiger partial charge in [0.05, 0.1) is 13.7 Å². The molecule has 6 heteroatoms. The first-order valence-electron chi connectivity index (χ1n) is 4.55. The molecular formula is C10H12ClNO4. The normalized spacial score (nSPS) is 9.94. The van der Waals surface area contributed by atoms with Crippen molar-refractivity contribution in [2.24, 2.45) is 0 Å². The highest BCUT2D eigenvalue weighted by Gasteiger charge is 2.14. The number of aromatic nitrogens is 1. The van der Waals surface area contributed by atoms with Crippen LogP contribution in [-0.4, -0.2) is 38.4 Å². The zero-order valence-corrected chi connectivity index (χ0v) is 9.78. The predicted octanol–water partition coefficient (Wildman–Crippen LogP) is 1.55. The number of rotatable bonds is 5. The van der Waals surface area contributed by atoms with Crippen molar-refractivity contribution in [3.63, 3.8) is 0 Å². The summed E-state index contributed by atoms with van der Waals surface area (Å²) in [6, 6.07) is 3.00. The molecule has 0 bridgehead atoms. The minimum Gasteiger partial charge on any atom is -0.475 e. The van der Waals surface area contributed by atoms with Crippen LogP contribution in [-0.2, 0) is 9.47 Å². The topological polar surface area (TPSA) is 57.7 Å². The van der Waals surface area contributed by atoms with Crippen LogP contribution in [0.25, 0.3) is 0 Å². The van der Waals surface area contributed by atoms with Crippen LogP contribution < -0.4 is 4.74 Å². The van der Waals surface area contributed by atoms with Gasteiger partial charge in [0.2, 0.25) is 5.88 Å². The third-order valence-corrected chi connectivity index (χ3v) is 1.97. The minimum atomic E-state index is -0.517. The van der Waals surface area contributed by atoms with Crippen molar-refractivity contribution in [3.8, 4) is 5.88 Å². The molecule has 5 nitrogen and oxygen atoms in total. The number of halogens is 1. The van der Waals surface area contributed by atoms with E-state index in [4.69, 9.17) is 21.1 Å². The van der Waals surface area contributed by atoms with Gasteiger partial charge in [-0.1, -0.05) is 11.6 Å². The summed E-state index contributed by atoms with van der Waals surface area (Å²) in [5.74, 6) is -0.368. The zero-order chi connectivity index (χ0) is 12.0. The van der Waals surface area contributed by atoms with E-state index < -0.39 is 5.97 Å². The van der Waals surface area contributed by atoms with E-state index in [1.54, 1.807) is 7.11 Å². The Morgan fingerprint density at radius 1 is 1.38 bits per heavy atom. The highest BCUT2D eigenvalue weighted by Crippen LogP contribution is 2.19. The molecule has 0 amide bonds.